The van der Waals surface area contributed by atoms with E-state index in [1.807, 2.05) is 30.3 Å². The van der Waals surface area contributed by atoms with Crippen molar-refractivity contribution < 1.29 is 13.0 Å². The highest BCUT2D eigenvalue weighted by Gasteiger charge is 2.11. The largest absolute Gasteiger partial charge is 0.307 e. The van der Waals surface area contributed by atoms with Gasteiger partial charge in [-0.25, -0.2) is 0 Å². The van der Waals surface area contributed by atoms with Crippen molar-refractivity contribution in [1.82, 2.24) is 5.32 Å². The first kappa shape index (κ1) is 17.9. The lowest BCUT2D eigenvalue weighted by molar-refractivity contribution is 0.478. The number of benzene rings is 1. The monoisotopic (exact) mass is 311 g/mol. The molecular formula is C16H25NO3S. The predicted molar refractivity (Wildman–Crippen MR) is 86.8 cm³/mol. The number of allylic oxidation sites excluding steroid dienone is 1. The lowest BCUT2D eigenvalue weighted by Crippen LogP contribution is -2.23. The minimum atomic E-state index is -3.88. The molecule has 1 aromatic rings. The Morgan fingerprint density at radius 2 is 1.86 bits per heavy atom. The Hall–Kier alpha value is -1.17. The van der Waals surface area contributed by atoms with E-state index in [0.717, 1.165) is 5.56 Å². The number of rotatable bonds is 7. The Morgan fingerprint density at radius 1 is 1.24 bits per heavy atom. The van der Waals surface area contributed by atoms with Gasteiger partial charge in [0.25, 0.3) is 10.1 Å². The van der Waals surface area contributed by atoms with Crippen molar-refractivity contribution in [2.24, 2.45) is 5.41 Å². The molecule has 0 spiro atoms. The summed E-state index contributed by atoms with van der Waals surface area (Å²) in [4.78, 5) is 0. The number of hydrogen-bond acceptors (Lipinski definition) is 3. The first-order chi connectivity index (χ1) is 9.67. The summed E-state index contributed by atoms with van der Waals surface area (Å²) in [6, 6.07) is 10.0. The SMILES string of the molecule is CC(C)(C)/C=C/[C@H](NCCCS(=O)(=O)O)c1ccccc1. The van der Waals surface area contributed by atoms with E-state index in [9.17, 15) is 8.42 Å². The summed E-state index contributed by atoms with van der Waals surface area (Å²) in [5.74, 6) is -0.218. The van der Waals surface area contributed by atoms with Gasteiger partial charge in [-0.05, 0) is 23.9 Å². The van der Waals surface area contributed by atoms with Crippen LogP contribution in [0.4, 0.5) is 0 Å². The Labute approximate surface area is 128 Å². The zero-order valence-electron chi connectivity index (χ0n) is 12.9. The molecule has 21 heavy (non-hydrogen) atoms. The first-order valence-corrected chi connectivity index (χ1v) is 8.71. The molecule has 0 saturated heterocycles. The summed E-state index contributed by atoms with van der Waals surface area (Å²) in [7, 11) is -3.88. The molecular weight excluding hydrogens is 286 g/mol. The third-order valence-corrected chi connectivity index (χ3v) is 3.70. The number of nitrogens with one attached hydrogen (secondary N) is 1. The number of hydrogen-bond donors (Lipinski definition) is 2. The summed E-state index contributed by atoms with van der Waals surface area (Å²) < 4.78 is 30.2. The Bertz CT molecular complexity index is 545. The fourth-order valence-electron chi connectivity index (χ4n) is 1.85. The third kappa shape index (κ3) is 8.65. The zero-order valence-corrected chi connectivity index (χ0v) is 13.7. The van der Waals surface area contributed by atoms with Crippen molar-refractivity contribution >= 4 is 10.1 Å². The second-order valence-electron chi connectivity index (χ2n) is 6.21. The van der Waals surface area contributed by atoms with Gasteiger partial charge in [-0.15, -0.1) is 0 Å². The molecule has 0 heterocycles. The summed E-state index contributed by atoms with van der Waals surface area (Å²) in [5, 5.41) is 3.32. The van der Waals surface area contributed by atoms with Gasteiger partial charge in [-0.2, -0.15) is 8.42 Å². The Morgan fingerprint density at radius 3 is 2.38 bits per heavy atom. The lowest BCUT2D eigenvalue weighted by Gasteiger charge is -2.18. The molecule has 0 amide bonds. The predicted octanol–water partition coefficient (Wildman–Crippen LogP) is 3.20. The fourth-order valence-corrected chi connectivity index (χ4v) is 2.36. The van der Waals surface area contributed by atoms with Crippen LogP contribution >= 0.6 is 0 Å². The van der Waals surface area contributed by atoms with Crippen LogP contribution in [0.3, 0.4) is 0 Å². The third-order valence-electron chi connectivity index (χ3n) is 2.89. The smallest absolute Gasteiger partial charge is 0.264 e. The molecule has 0 aromatic heterocycles. The molecule has 0 bridgehead atoms. The maximum atomic E-state index is 10.7. The highest BCUT2D eigenvalue weighted by Crippen LogP contribution is 2.20. The van der Waals surface area contributed by atoms with Crippen LogP contribution in [0.5, 0.6) is 0 Å². The molecule has 1 rings (SSSR count). The Kier molecular flexibility index (Phi) is 6.58. The van der Waals surface area contributed by atoms with Crippen LogP contribution in [0.2, 0.25) is 0 Å². The van der Waals surface area contributed by atoms with E-state index in [4.69, 9.17) is 4.55 Å². The quantitative estimate of drug-likeness (QED) is 0.461. The van der Waals surface area contributed by atoms with Crippen molar-refractivity contribution in [3.05, 3.63) is 48.0 Å². The van der Waals surface area contributed by atoms with Gasteiger partial charge in [-0.3, -0.25) is 4.55 Å². The minimum Gasteiger partial charge on any atom is -0.307 e. The normalized spacial score (nSPS) is 14.5. The van der Waals surface area contributed by atoms with Crippen molar-refractivity contribution in [3.63, 3.8) is 0 Å². The maximum Gasteiger partial charge on any atom is 0.264 e. The van der Waals surface area contributed by atoms with Crippen molar-refractivity contribution in [2.75, 3.05) is 12.3 Å². The van der Waals surface area contributed by atoms with Gasteiger partial charge >= 0.3 is 0 Å². The van der Waals surface area contributed by atoms with Crippen LogP contribution in [0.15, 0.2) is 42.5 Å². The van der Waals surface area contributed by atoms with Crippen molar-refractivity contribution in [2.45, 2.75) is 33.2 Å². The maximum absolute atomic E-state index is 10.7. The average Bonchev–Trinajstić information content (AvgIpc) is 2.36. The van der Waals surface area contributed by atoms with E-state index in [1.54, 1.807) is 0 Å². The van der Waals surface area contributed by atoms with E-state index in [-0.39, 0.29) is 17.2 Å². The summed E-state index contributed by atoms with van der Waals surface area (Å²) in [6.07, 6.45) is 4.62. The summed E-state index contributed by atoms with van der Waals surface area (Å²) >= 11 is 0. The molecule has 0 saturated carbocycles. The van der Waals surface area contributed by atoms with Crippen LogP contribution in [0, 0.1) is 5.41 Å². The van der Waals surface area contributed by atoms with E-state index in [1.165, 1.54) is 0 Å². The molecule has 1 aromatic carbocycles. The van der Waals surface area contributed by atoms with Crippen LogP contribution < -0.4 is 5.32 Å². The topological polar surface area (TPSA) is 66.4 Å². The van der Waals surface area contributed by atoms with Gasteiger partial charge in [-0.1, -0.05) is 63.3 Å². The van der Waals surface area contributed by atoms with E-state index in [2.05, 4.69) is 38.2 Å². The standard InChI is InChI=1S/C16H25NO3S/c1-16(2,3)11-10-15(14-8-5-4-6-9-14)17-12-7-13-21(18,19)20/h4-6,8-11,15,17H,7,12-13H2,1-3H3,(H,18,19,20)/b11-10+/t15-/m0/s1. The molecule has 0 aliphatic heterocycles. The van der Waals surface area contributed by atoms with E-state index < -0.39 is 10.1 Å². The van der Waals surface area contributed by atoms with E-state index >= 15 is 0 Å². The van der Waals surface area contributed by atoms with Gasteiger partial charge in [0, 0.05) is 0 Å². The molecule has 5 heteroatoms. The second-order valence-corrected chi connectivity index (χ2v) is 7.78. The van der Waals surface area contributed by atoms with Crippen molar-refractivity contribution in [3.8, 4) is 0 Å². The van der Waals surface area contributed by atoms with Gasteiger partial charge in [0.1, 0.15) is 0 Å². The first-order valence-electron chi connectivity index (χ1n) is 7.10. The van der Waals surface area contributed by atoms with Gasteiger partial charge in [0.2, 0.25) is 0 Å². The molecule has 0 aliphatic rings. The molecule has 1 atom stereocenters. The summed E-state index contributed by atoms with van der Waals surface area (Å²) in [5.41, 5.74) is 1.22. The fraction of sp³-hybridized carbons (Fsp3) is 0.500. The van der Waals surface area contributed by atoms with Crippen LogP contribution in [0.25, 0.3) is 0 Å². The summed E-state index contributed by atoms with van der Waals surface area (Å²) in [6.45, 7) is 6.91. The van der Waals surface area contributed by atoms with Gasteiger partial charge < -0.3 is 5.32 Å². The zero-order chi connectivity index (χ0) is 15.9. The molecule has 4 nitrogen and oxygen atoms in total. The lowest BCUT2D eigenvalue weighted by atomic mass is 9.94. The second kappa shape index (κ2) is 7.73. The van der Waals surface area contributed by atoms with Crippen LogP contribution in [-0.4, -0.2) is 25.3 Å². The van der Waals surface area contributed by atoms with Crippen LogP contribution in [0.1, 0.15) is 38.8 Å². The average molecular weight is 311 g/mol. The van der Waals surface area contributed by atoms with Crippen molar-refractivity contribution in [1.29, 1.82) is 0 Å². The Balaban J connectivity index is 2.68. The molecule has 0 radical (unpaired) electrons. The van der Waals surface area contributed by atoms with E-state index in [0.29, 0.717) is 13.0 Å². The molecule has 118 valence electrons. The molecule has 0 unspecified atom stereocenters. The highest BCUT2D eigenvalue weighted by molar-refractivity contribution is 7.85. The molecule has 0 fully saturated rings. The van der Waals surface area contributed by atoms with Gasteiger partial charge in [0.05, 0.1) is 11.8 Å². The molecule has 0 aliphatic carbocycles. The van der Waals surface area contributed by atoms with Crippen LogP contribution in [-0.2, 0) is 10.1 Å². The molecule has 2 N–H and O–H groups in total. The minimum absolute atomic E-state index is 0.0341. The highest BCUT2D eigenvalue weighted by atomic mass is 32.2. The van der Waals surface area contributed by atoms with Gasteiger partial charge in [0.15, 0.2) is 0 Å².